The van der Waals surface area contributed by atoms with E-state index < -0.39 is 82.3 Å². The lowest BCUT2D eigenvalue weighted by atomic mass is 9.73. The molecule has 0 unspecified atom stereocenters. The van der Waals surface area contributed by atoms with Gasteiger partial charge in [0.15, 0.2) is 0 Å². The quantitative estimate of drug-likeness (QED) is 0.0208. The van der Waals surface area contributed by atoms with Gasteiger partial charge in [-0.15, -0.1) is 23.1 Å². The summed E-state index contributed by atoms with van der Waals surface area (Å²) in [5.41, 5.74) is 2.68. The van der Waals surface area contributed by atoms with Crippen LogP contribution in [0.3, 0.4) is 0 Å². The van der Waals surface area contributed by atoms with E-state index in [2.05, 4.69) is 61.6 Å². The van der Waals surface area contributed by atoms with Crippen molar-refractivity contribution in [1.29, 1.82) is 0 Å². The number of anilines is 2. The van der Waals surface area contributed by atoms with Gasteiger partial charge in [-0.3, -0.25) is 28.9 Å². The smallest absolute Gasteiger partial charge is 0.391 e. The summed E-state index contributed by atoms with van der Waals surface area (Å²) in [5.74, 6) is -1.39. The van der Waals surface area contributed by atoms with Gasteiger partial charge in [-0.1, -0.05) is 126 Å². The molecule has 0 bridgehead atoms. The van der Waals surface area contributed by atoms with E-state index >= 15 is 0 Å². The number of alkyl halides is 3. The van der Waals surface area contributed by atoms with Crippen LogP contribution in [0.15, 0.2) is 147 Å². The zero-order chi connectivity index (χ0) is 78.2. The van der Waals surface area contributed by atoms with Gasteiger partial charge in [-0.2, -0.15) is 13.2 Å². The number of aryl methyl sites for hydroxylation is 1. The van der Waals surface area contributed by atoms with Crippen molar-refractivity contribution in [2.45, 2.75) is 176 Å². The van der Waals surface area contributed by atoms with Crippen LogP contribution in [0, 0.1) is 29.6 Å². The number of aromatic nitrogens is 1. The van der Waals surface area contributed by atoms with Gasteiger partial charge in [0.1, 0.15) is 17.0 Å². The standard InChI is InChI=1S/C81H102ClF3N10O10S4/c1-53(55-20-22-57(23-21-55)74-54(2)86-52-107-74)87-77(100)70-42-65(96)50-95(70)78(101)75(79(3,4)5)89-72(97)18-14-9-8-10-15-19-73(98)94-48-60-46-92(47-61(60)49-94)37-35-63(51-106-66-16-12-11-13-17-66)88-69-33-32-67(43-71(69)108(102,103)81(83,84)85)109(104,105)90-76(99)58-26-30-64(31-27-58)93-40-38-91(39-41-93)45-59-44-80(6,7)36-34-68(59)56-24-28-62(82)29-25-56/h11-13,16-17,20-33,43,52-53,60-61,63,65,70,75,88,96H,8-10,14-15,18-19,34-42,44-51H2,1-7H3,(H,87,100)(H,89,97)(H,90,99)/t53-,60-,61+,63+,65+,70-,75+/m0/s1. The Morgan fingerprint density at radius 3 is 2.06 bits per heavy atom. The number of aliphatic hydroxyl groups is 1. The van der Waals surface area contributed by atoms with Crippen LogP contribution < -0.4 is 25.6 Å². The molecule has 4 aliphatic heterocycles. The molecule has 11 rings (SSSR count). The second kappa shape index (κ2) is 35.5. The van der Waals surface area contributed by atoms with Crippen molar-refractivity contribution in [3.63, 3.8) is 0 Å². The molecule has 5 N–H and O–H groups in total. The van der Waals surface area contributed by atoms with E-state index in [-0.39, 0.29) is 66.0 Å². The number of rotatable bonds is 30. The number of allylic oxidation sites excluding steroid dienone is 1. The van der Waals surface area contributed by atoms with Gasteiger partial charge < -0.3 is 40.7 Å². The fourth-order valence-corrected chi connectivity index (χ4v) is 19.6. The van der Waals surface area contributed by atoms with Crippen LogP contribution in [-0.2, 0) is 39.0 Å². The minimum Gasteiger partial charge on any atom is -0.391 e. The summed E-state index contributed by atoms with van der Waals surface area (Å²) in [6.45, 7) is 20.8. The third kappa shape index (κ3) is 21.3. The van der Waals surface area contributed by atoms with E-state index in [9.17, 15) is 59.1 Å². The molecule has 1 aliphatic carbocycles. The lowest BCUT2D eigenvalue weighted by molar-refractivity contribution is -0.144. The van der Waals surface area contributed by atoms with Gasteiger partial charge in [0.25, 0.3) is 25.8 Å². The van der Waals surface area contributed by atoms with Crippen molar-refractivity contribution in [1.82, 2.24) is 39.9 Å². The molecule has 6 aromatic rings. The van der Waals surface area contributed by atoms with Gasteiger partial charge >= 0.3 is 5.51 Å². The maximum absolute atomic E-state index is 14.6. The van der Waals surface area contributed by atoms with Crippen LogP contribution in [0.5, 0.6) is 0 Å². The monoisotopic (exact) mass is 1590 g/mol. The Kier molecular flexibility index (Phi) is 26.9. The fraction of sp³-hybridized carbons (Fsp3) is 0.506. The molecule has 5 aliphatic rings. The number of β-amino-alcohol motifs (C(OH)–C–C–N with tert-alkyl or cyclic N) is 1. The predicted molar refractivity (Wildman–Crippen MR) is 423 cm³/mol. The molecule has 4 saturated heterocycles. The third-order valence-corrected chi connectivity index (χ3v) is 27.1. The highest BCUT2D eigenvalue weighted by molar-refractivity contribution is 7.99. The second-order valence-electron chi connectivity index (χ2n) is 31.8. The van der Waals surface area contributed by atoms with E-state index in [1.165, 1.54) is 45.5 Å². The second-order valence-corrected chi connectivity index (χ2v) is 37.7. The van der Waals surface area contributed by atoms with Gasteiger partial charge in [0.05, 0.1) is 38.8 Å². The van der Waals surface area contributed by atoms with Crippen molar-refractivity contribution in [2.24, 2.45) is 22.7 Å². The number of likely N-dealkylation sites (tertiary alicyclic amines) is 3. The van der Waals surface area contributed by atoms with E-state index in [0.29, 0.717) is 88.3 Å². The first-order valence-electron chi connectivity index (χ1n) is 37.8. The lowest BCUT2D eigenvalue weighted by Crippen LogP contribution is -2.57. The fourth-order valence-electron chi connectivity index (χ4n) is 15.6. The van der Waals surface area contributed by atoms with E-state index in [1.54, 1.807) is 29.0 Å². The molecular weight excluding hydrogens is 1490 g/mol. The molecular formula is C81H102ClF3N10O10S4. The number of nitrogens with zero attached hydrogens (tertiary/aromatic N) is 6. The Balaban J connectivity index is 0.624. The Morgan fingerprint density at radius 2 is 1.42 bits per heavy atom. The number of carbonyl (C=O) groups excluding carboxylic acids is 5. The lowest BCUT2D eigenvalue weighted by Gasteiger charge is -2.39. The topological polar surface area (TPSA) is 251 Å². The maximum atomic E-state index is 14.6. The van der Waals surface area contributed by atoms with Crippen LogP contribution >= 0.6 is 34.7 Å². The highest BCUT2D eigenvalue weighted by Gasteiger charge is 2.50. The number of piperazine rings is 1. The van der Waals surface area contributed by atoms with Crippen LogP contribution in [0.25, 0.3) is 16.0 Å². The van der Waals surface area contributed by atoms with Crippen molar-refractivity contribution in [2.75, 3.05) is 88.0 Å². The number of aliphatic hydroxyl groups excluding tert-OH is 1. The van der Waals surface area contributed by atoms with Crippen LogP contribution in [-0.4, -0.2) is 184 Å². The molecule has 588 valence electrons. The molecule has 0 saturated carbocycles. The zero-order valence-corrected chi connectivity index (χ0v) is 67.1. The molecule has 0 radical (unpaired) electrons. The van der Waals surface area contributed by atoms with Crippen molar-refractivity contribution >= 4 is 101 Å². The SMILES string of the molecule is Cc1ncsc1-c1ccc([C@H](C)NC(=O)[C@@H]2C[C@@H](O)CN2C(=O)[C@@H](NC(=O)CCCCCCCC(=O)N2C[C@H]3CN(CC[C@H](CSc4ccccc4)Nc4ccc(S(=O)(=O)NC(=O)c5ccc(N6CCN(CC7=C(c8ccc(Cl)cc8)CCC(C)(C)C7)CC6)cc5)cc4S(=O)(=O)C(F)(F)F)C[C@H]3C2)C(C)(C)C)cc1. The number of sulfone groups is 1. The van der Waals surface area contributed by atoms with Gasteiger partial charge in [-0.05, 0) is 164 Å². The summed E-state index contributed by atoms with van der Waals surface area (Å²) < 4.78 is 101. The number of benzene rings is 5. The van der Waals surface area contributed by atoms with Gasteiger partial charge in [0, 0.05) is 124 Å². The highest BCUT2D eigenvalue weighted by Crippen LogP contribution is 2.44. The summed E-state index contributed by atoms with van der Waals surface area (Å²) >= 11 is 9.21. The summed E-state index contributed by atoms with van der Waals surface area (Å²) in [7, 11) is -11.1. The van der Waals surface area contributed by atoms with E-state index in [4.69, 9.17) is 11.6 Å². The number of sulfonamides is 1. The minimum atomic E-state index is -6.17. The number of hydrogen-bond donors (Lipinski definition) is 5. The average molecular weight is 1600 g/mol. The first-order chi connectivity index (χ1) is 51.7. The summed E-state index contributed by atoms with van der Waals surface area (Å²) in [4.78, 5) is 83.1. The first-order valence-corrected chi connectivity index (χ1v) is 43.0. The number of unbranched alkanes of at least 4 members (excludes halogenated alkanes) is 4. The number of halogens is 4. The number of nitrogens with one attached hydrogen (secondary N) is 4. The molecule has 28 heteroatoms. The Bertz CT molecular complexity index is 4450. The maximum Gasteiger partial charge on any atom is 0.501 e. The Hall–Kier alpha value is -7.37. The number of fused-ring (bicyclic) bond motifs is 1. The first kappa shape index (κ1) is 82.6. The van der Waals surface area contributed by atoms with Gasteiger partial charge in [0.2, 0.25) is 23.6 Å². The number of carbonyl (C=O) groups is 5. The molecule has 5 aromatic carbocycles. The Morgan fingerprint density at radius 1 is 0.771 bits per heavy atom. The van der Waals surface area contributed by atoms with Crippen molar-refractivity contribution < 1.29 is 59.1 Å². The summed E-state index contributed by atoms with van der Waals surface area (Å²) in [5, 5.41) is 20.5. The molecule has 5 amide bonds. The molecule has 0 spiro atoms. The number of thioether (sulfide) groups is 1. The zero-order valence-electron chi connectivity index (χ0n) is 63.1. The Labute approximate surface area is 652 Å². The highest BCUT2D eigenvalue weighted by atomic mass is 35.5. The normalized spacial score (nSPS) is 20.2. The van der Waals surface area contributed by atoms with E-state index in [1.807, 2.05) is 111 Å². The molecule has 4 fully saturated rings. The number of thiazole rings is 1. The molecule has 7 atom stereocenters. The molecule has 109 heavy (non-hydrogen) atoms. The van der Waals surface area contributed by atoms with Crippen molar-refractivity contribution in [3.8, 4) is 10.4 Å². The molecule has 20 nitrogen and oxygen atoms in total. The minimum absolute atomic E-state index is 0.0312. The van der Waals surface area contributed by atoms with Crippen LogP contribution in [0.2, 0.25) is 5.02 Å². The van der Waals surface area contributed by atoms with Crippen LogP contribution in [0.1, 0.15) is 152 Å². The van der Waals surface area contributed by atoms with Gasteiger partial charge in [-0.25, -0.2) is 26.5 Å². The number of hydrogen-bond acceptors (Lipinski definition) is 17. The van der Waals surface area contributed by atoms with Crippen LogP contribution in [0.4, 0.5) is 24.5 Å². The van der Waals surface area contributed by atoms with E-state index in [0.717, 1.165) is 103 Å². The summed E-state index contributed by atoms with van der Waals surface area (Å²) in [6.07, 6.45) is 6.76. The molecule has 1 aromatic heterocycles. The average Bonchev–Trinajstić information content (AvgIpc) is 1.69. The summed E-state index contributed by atoms with van der Waals surface area (Å²) in [6, 6.07) is 31.2. The predicted octanol–water partition coefficient (Wildman–Crippen LogP) is 13.4. The third-order valence-electron chi connectivity index (χ3n) is 21.8. The largest absolute Gasteiger partial charge is 0.501 e. The number of amides is 5. The molecule has 5 heterocycles. The van der Waals surface area contributed by atoms with Crippen molar-refractivity contribution in [3.05, 3.63) is 160 Å².